The molecule has 0 bridgehead atoms. The van der Waals surface area contributed by atoms with Crippen LogP contribution in [0.25, 0.3) is 0 Å². The van der Waals surface area contributed by atoms with Crippen LogP contribution in [-0.4, -0.2) is 18.9 Å². The Morgan fingerprint density at radius 3 is 2.50 bits per heavy atom. The molecule has 1 aromatic carbocycles. The predicted molar refractivity (Wildman–Crippen MR) is 102 cm³/mol. The summed E-state index contributed by atoms with van der Waals surface area (Å²) in [6.45, 7) is 0.963. The van der Waals surface area contributed by atoms with Crippen LogP contribution in [0.5, 0.6) is 5.75 Å². The molecule has 0 saturated heterocycles. The second-order valence-electron chi connectivity index (χ2n) is 6.93. The van der Waals surface area contributed by atoms with E-state index >= 15 is 0 Å². The summed E-state index contributed by atoms with van der Waals surface area (Å²) in [6.07, 6.45) is 12.5. The van der Waals surface area contributed by atoms with Crippen molar-refractivity contribution in [2.24, 2.45) is 0 Å². The Morgan fingerprint density at radius 1 is 1.15 bits per heavy atom. The number of benzene rings is 1. The van der Waals surface area contributed by atoms with Crippen molar-refractivity contribution in [2.75, 3.05) is 6.54 Å². The molecule has 1 fully saturated rings. The first-order valence-electron chi connectivity index (χ1n) is 9.40. The lowest BCUT2D eigenvalue weighted by Crippen LogP contribution is -2.26. The Morgan fingerprint density at radius 2 is 1.88 bits per heavy atom. The van der Waals surface area contributed by atoms with Gasteiger partial charge in [0.1, 0.15) is 17.9 Å². The lowest BCUT2D eigenvalue weighted by molar-refractivity contribution is -0.105. The Kier molecular flexibility index (Phi) is 6.73. The van der Waals surface area contributed by atoms with E-state index in [0.29, 0.717) is 10.8 Å². The minimum Gasteiger partial charge on any atom is -0.489 e. The van der Waals surface area contributed by atoms with Crippen LogP contribution in [0.1, 0.15) is 51.4 Å². The third kappa shape index (κ3) is 4.88. The topological polar surface area (TPSA) is 38.3 Å². The molecule has 5 heteroatoms. The highest BCUT2D eigenvalue weighted by atomic mass is 35.5. The van der Waals surface area contributed by atoms with Gasteiger partial charge in [-0.2, -0.15) is 0 Å². The van der Waals surface area contributed by atoms with Crippen molar-refractivity contribution in [1.82, 2.24) is 5.32 Å². The Labute approximate surface area is 159 Å². The third-order valence-corrected chi connectivity index (χ3v) is 5.36. The first-order chi connectivity index (χ1) is 12.7. The molecule has 1 aliphatic heterocycles. The maximum absolute atomic E-state index is 12.7. The normalized spacial score (nSPS) is 19.7. The standard InChI is InChI=1S/C11H12ClFO.C10H13NO/c12-10-7-8(13)5-6-11(10)14-9-3-1-2-4-9;12-7-8-3-1-2-4-9(8)10-5-6-11-10/h5-7,9H,1-4H2;5,7,11H,1-4,6H2. The molecular formula is C21H25ClFNO2. The summed E-state index contributed by atoms with van der Waals surface area (Å²) in [5, 5.41) is 3.58. The predicted octanol–water partition coefficient (Wildman–Crippen LogP) is 5.34. The smallest absolute Gasteiger partial charge is 0.146 e. The molecule has 0 spiro atoms. The van der Waals surface area contributed by atoms with Crippen LogP contribution in [0.15, 0.2) is 41.1 Å². The van der Waals surface area contributed by atoms with Crippen LogP contribution >= 0.6 is 11.6 Å². The van der Waals surface area contributed by atoms with Crippen molar-refractivity contribution in [3.05, 3.63) is 52.0 Å². The summed E-state index contributed by atoms with van der Waals surface area (Å²) in [6, 6.07) is 4.25. The molecule has 0 aromatic heterocycles. The fourth-order valence-electron chi connectivity index (χ4n) is 3.56. The Bertz CT molecular complexity index is 708. The Balaban J connectivity index is 0.000000152. The first kappa shape index (κ1) is 19.0. The molecule has 2 aliphatic carbocycles. The van der Waals surface area contributed by atoms with E-state index in [-0.39, 0.29) is 11.9 Å². The molecule has 1 heterocycles. The molecule has 1 N–H and O–H groups in total. The van der Waals surface area contributed by atoms with E-state index in [1.54, 1.807) is 6.07 Å². The molecule has 0 radical (unpaired) electrons. The number of allylic oxidation sites excluding steroid dienone is 2. The van der Waals surface area contributed by atoms with Crippen LogP contribution in [0.3, 0.4) is 0 Å². The van der Waals surface area contributed by atoms with Gasteiger partial charge in [-0.05, 0) is 86.8 Å². The van der Waals surface area contributed by atoms with Crippen molar-refractivity contribution in [2.45, 2.75) is 57.5 Å². The van der Waals surface area contributed by atoms with E-state index in [9.17, 15) is 9.18 Å². The van der Waals surface area contributed by atoms with Crippen LogP contribution in [-0.2, 0) is 4.79 Å². The van der Waals surface area contributed by atoms with Crippen LogP contribution in [0.2, 0.25) is 5.02 Å². The summed E-state index contributed by atoms with van der Waals surface area (Å²) in [7, 11) is 0. The second kappa shape index (κ2) is 9.22. The monoisotopic (exact) mass is 377 g/mol. The minimum atomic E-state index is -0.325. The molecular weight excluding hydrogens is 353 g/mol. The van der Waals surface area contributed by atoms with Crippen molar-refractivity contribution in [1.29, 1.82) is 0 Å². The summed E-state index contributed by atoms with van der Waals surface area (Å²) >= 11 is 5.84. The molecule has 1 saturated carbocycles. The fourth-order valence-corrected chi connectivity index (χ4v) is 3.77. The number of carbonyl (C=O) groups is 1. The van der Waals surface area contributed by atoms with Gasteiger partial charge in [-0.3, -0.25) is 4.79 Å². The molecule has 140 valence electrons. The second-order valence-corrected chi connectivity index (χ2v) is 7.33. The quantitative estimate of drug-likeness (QED) is 0.719. The van der Waals surface area contributed by atoms with Gasteiger partial charge in [-0.15, -0.1) is 0 Å². The van der Waals surface area contributed by atoms with E-state index in [1.807, 2.05) is 0 Å². The zero-order chi connectivity index (χ0) is 18.4. The van der Waals surface area contributed by atoms with Gasteiger partial charge in [0.2, 0.25) is 0 Å². The SMILES string of the molecule is Fc1ccc(OC2CCCC2)c(Cl)c1.O=CC1=C(C2=CCN2)CCCC1. The van der Waals surface area contributed by atoms with Crippen LogP contribution in [0.4, 0.5) is 4.39 Å². The lowest BCUT2D eigenvalue weighted by atomic mass is 9.89. The first-order valence-corrected chi connectivity index (χ1v) is 9.78. The molecule has 3 aliphatic rings. The Hall–Kier alpha value is -1.81. The van der Waals surface area contributed by atoms with Crippen molar-refractivity contribution < 1.29 is 13.9 Å². The highest BCUT2D eigenvalue weighted by Gasteiger charge is 2.18. The van der Waals surface area contributed by atoms with Crippen molar-refractivity contribution in [3.63, 3.8) is 0 Å². The van der Waals surface area contributed by atoms with Gasteiger partial charge in [0.25, 0.3) is 0 Å². The lowest BCUT2D eigenvalue weighted by Gasteiger charge is -2.25. The van der Waals surface area contributed by atoms with Crippen LogP contribution < -0.4 is 10.1 Å². The van der Waals surface area contributed by atoms with E-state index < -0.39 is 0 Å². The summed E-state index contributed by atoms with van der Waals surface area (Å²) in [5.74, 6) is 0.272. The zero-order valence-corrected chi connectivity index (χ0v) is 15.7. The highest BCUT2D eigenvalue weighted by Crippen LogP contribution is 2.30. The summed E-state index contributed by atoms with van der Waals surface area (Å²) in [5.41, 5.74) is 3.49. The molecule has 0 atom stereocenters. The average molecular weight is 378 g/mol. The van der Waals surface area contributed by atoms with Gasteiger partial charge in [-0.1, -0.05) is 11.6 Å². The van der Waals surface area contributed by atoms with Gasteiger partial charge in [0.15, 0.2) is 0 Å². The largest absolute Gasteiger partial charge is 0.489 e. The van der Waals surface area contributed by atoms with E-state index in [4.69, 9.17) is 16.3 Å². The number of aldehydes is 1. The number of rotatable bonds is 4. The number of nitrogens with one attached hydrogen (secondary N) is 1. The van der Waals surface area contributed by atoms with Crippen molar-refractivity contribution >= 4 is 17.9 Å². The van der Waals surface area contributed by atoms with E-state index in [1.165, 1.54) is 49.1 Å². The number of hydrogen-bond acceptors (Lipinski definition) is 3. The highest BCUT2D eigenvalue weighted by molar-refractivity contribution is 6.32. The van der Waals surface area contributed by atoms with Gasteiger partial charge in [0, 0.05) is 12.2 Å². The van der Waals surface area contributed by atoms with Crippen LogP contribution in [0, 0.1) is 5.82 Å². The zero-order valence-electron chi connectivity index (χ0n) is 14.9. The molecule has 4 rings (SSSR count). The summed E-state index contributed by atoms with van der Waals surface area (Å²) in [4.78, 5) is 10.7. The van der Waals surface area contributed by atoms with Gasteiger partial charge in [0.05, 0.1) is 11.1 Å². The van der Waals surface area contributed by atoms with E-state index in [2.05, 4.69) is 11.4 Å². The number of halogens is 2. The molecule has 26 heavy (non-hydrogen) atoms. The molecule has 3 nitrogen and oxygen atoms in total. The molecule has 0 unspecified atom stereocenters. The number of hydrogen-bond donors (Lipinski definition) is 1. The molecule has 0 amide bonds. The minimum absolute atomic E-state index is 0.262. The number of carbonyl (C=O) groups excluding carboxylic acids is 1. The maximum Gasteiger partial charge on any atom is 0.146 e. The average Bonchev–Trinajstić information content (AvgIpc) is 3.10. The van der Waals surface area contributed by atoms with Crippen molar-refractivity contribution in [3.8, 4) is 5.75 Å². The fraction of sp³-hybridized carbons (Fsp3) is 0.476. The number of ether oxygens (including phenoxy) is 1. The van der Waals surface area contributed by atoms with Gasteiger partial charge >= 0.3 is 0 Å². The van der Waals surface area contributed by atoms with Gasteiger partial charge < -0.3 is 10.1 Å². The third-order valence-electron chi connectivity index (χ3n) is 5.07. The maximum atomic E-state index is 12.7. The van der Waals surface area contributed by atoms with Gasteiger partial charge in [-0.25, -0.2) is 4.39 Å². The van der Waals surface area contributed by atoms with E-state index in [0.717, 1.165) is 44.1 Å². The molecule has 1 aromatic rings. The summed E-state index contributed by atoms with van der Waals surface area (Å²) < 4.78 is 18.4.